The summed E-state index contributed by atoms with van der Waals surface area (Å²) in [6.45, 7) is 2.42. The summed E-state index contributed by atoms with van der Waals surface area (Å²) in [5, 5.41) is 14.2. The Bertz CT molecular complexity index is 1290. The molecular formula is C24H20BrFN2O7. The lowest BCUT2D eigenvalue weighted by atomic mass is 9.80. The molecule has 0 aromatic heterocycles. The van der Waals surface area contributed by atoms with E-state index in [0.717, 1.165) is 29.8 Å². The minimum absolute atomic E-state index is 0.122. The van der Waals surface area contributed by atoms with Crippen molar-refractivity contribution in [3.63, 3.8) is 0 Å². The zero-order valence-electron chi connectivity index (χ0n) is 18.9. The van der Waals surface area contributed by atoms with Crippen LogP contribution in [0.1, 0.15) is 35.7 Å². The molecule has 9 nitrogen and oxygen atoms in total. The van der Waals surface area contributed by atoms with Crippen LogP contribution in [0.2, 0.25) is 0 Å². The third-order valence-corrected chi connectivity index (χ3v) is 5.92. The quantitative estimate of drug-likeness (QED) is 0.235. The zero-order chi connectivity index (χ0) is 25.9. The van der Waals surface area contributed by atoms with Gasteiger partial charge in [0.2, 0.25) is 0 Å². The Balaban J connectivity index is 2.03. The van der Waals surface area contributed by atoms with E-state index in [-0.39, 0.29) is 28.1 Å². The Morgan fingerprint density at radius 1 is 1.06 bits per heavy atom. The number of dihydropyridines is 1. The Labute approximate surface area is 207 Å². The van der Waals surface area contributed by atoms with Crippen LogP contribution in [-0.4, -0.2) is 36.4 Å². The number of nitro benzene ring substituents is 1. The van der Waals surface area contributed by atoms with Crippen LogP contribution >= 0.6 is 15.9 Å². The van der Waals surface area contributed by atoms with Crippen molar-refractivity contribution in [3.05, 3.63) is 96.5 Å². The van der Waals surface area contributed by atoms with E-state index in [1.165, 1.54) is 13.8 Å². The van der Waals surface area contributed by atoms with Gasteiger partial charge in [0.15, 0.2) is 12.4 Å². The number of ketones is 1. The number of nitrogens with one attached hydrogen (secondary N) is 1. The van der Waals surface area contributed by atoms with Gasteiger partial charge in [-0.05, 0) is 32.0 Å². The molecule has 1 aliphatic rings. The number of nitrogens with zero attached hydrogens (tertiary/aromatic N) is 1. The van der Waals surface area contributed by atoms with Crippen LogP contribution in [-0.2, 0) is 19.1 Å². The molecule has 3 rings (SSSR count). The van der Waals surface area contributed by atoms with Crippen molar-refractivity contribution in [2.75, 3.05) is 13.7 Å². The Hall–Kier alpha value is -3.86. The minimum atomic E-state index is -1.38. The van der Waals surface area contributed by atoms with E-state index >= 15 is 0 Å². The minimum Gasteiger partial charge on any atom is -0.466 e. The van der Waals surface area contributed by atoms with Gasteiger partial charge in [-0.1, -0.05) is 28.1 Å². The van der Waals surface area contributed by atoms with Crippen molar-refractivity contribution < 1.29 is 33.2 Å². The zero-order valence-corrected chi connectivity index (χ0v) is 20.5. The van der Waals surface area contributed by atoms with Crippen molar-refractivity contribution in [1.82, 2.24) is 5.32 Å². The van der Waals surface area contributed by atoms with Gasteiger partial charge in [0.1, 0.15) is 5.82 Å². The molecule has 2 aromatic rings. The lowest BCUT2D eigenvalue weighted by molar-refractivity contribution is -0.385. The molecule has 0 bridgehead atoms. The van der Waals surface area contributed by atoms with Gasteiger partial charge in [0.05, 0.1) is 29.1 Å². The summed E-state index contributed by atoms with van der Waals surface area (Å²) in [6, 6.07) is 9.23. The number of ether oxygens (including phenoxy) is 2. The topological polar surface area (TPSA) is 125 Å². The number of non-ortho nitro benzene ring substituents is 1. The van der Waals surface area contributed by atoms with Gasteiger partial charge in [-0.3, -0.25) is 14.9 Å². The first-order valence-electron chi connectivity index (χ1n) is 10.2. The molecule has 0 radical (unpaired) electrons. The van der Waals surface area contributed by atoms with E-state index in [0.29, 0.717) is 5.56 Å². The predicted molar refractivity (Wildman–Crippen MR) is 126 cm³/mol. The number of allylic oxidation sites excluding steroid dienone is 2. The van der Waals surface area contributed by atoms with Crippen molar-refractivity contribution >= 4 is 39.3 Å². The third kappa shape index (κ3) is 5.46. The van der Waals surface area contributed by atoms with Gasteiger partial charge in [0.25, 0.3) is 5.69 Å². The maximum Gasteiger partial charge on any atom is 0.337 e. The van der Waals surface area contributed by atoms with E-state index in [9.17, 15) is 28.9 Å². The fraction of sp³-hybridized carbons (Fsp3) is 0.208. The Morgan fingerprint density at radius 3 is 2.23 bits per heavy atom. The fourth-order valence-corrected chi connectivity index (χ4v) is 4.01. The average molecular weight is 547 g/mol. The lowest BCUT2D eigenvalue weighted by Crippen LogP contribution is -2.33. The number of carbonyl (C=O) groups is 3. The first-order chi connectivity index (χ1) is 16.5. The number of esters is 2. The molecule has 0 amide bonds. The van der Waals surface area contributed by atoms with Gasteiger partial charge < -0.3 is 14.8 Å². The summed E-state index contributed by atoms with van der Waals surface area (Å²) >= 11 is 3.27. The van der Waals surface area contributed by atoms with E-state index in [1.54, 1.807) is 24.3 Å². The monoisotopic (exact) mass is 546 g/mol. The van der Waals surface area contributed by atoms with Crippen LogP contribution in [0.5, 0.6) is 0 Å². The fourth-order valence-electron chi connectivity index (χ4n) is 3.75. The molecule has 0 saturated heterocycles. The molecule has 1 N–H and O–H groups in total. The summed E-state index contributed by atoms with van der Waals surface area (Å²) in [5.41, 5.74) is -0.216. The summed E-state index contributed by atoms with van der Waals surface area (Å²) in [5.74, 6) is -4.59. The number of rotatable bonds is 7. The number of carbonyl (C=O) groups excluding carboxylic acids is 3. The molecule has 0 unspecified atom stereocenters. The highest BCUT2D eigenvalue weighted by Gasteiger charge is 2.40. The molecule has 182 valence electrons. The van der Waals surface area contributed by atoms with Crippen LogP contribution in [0.4, 0.5) is 10.1 Å². The highest BCUT2D eigenvalue weighted by atomic mass is 79.9. The van der Waals surface area contributed by atoms with Gasteiger partial charge in [-0.2, -0.15) is 0 Å². The normalized spacial score (nSPS) is 15.4. The maximum absolute atomic E-state index is 15.0. The largest absolute Gasteiger partial charge is 0.466 e. The van der Waals surface area contributed by atoms with Crippen molar-refractivity contribution in [3.8, 4) is 0 Å². The number of benzene rings is 2. The average Bonchev–Trinajstić information content (AvgIpc) is 2.82. The lowest BCUT2D eigenvalue weighted by Gasteiger charge is -2.30. The molecule has 0 saturated carbocycles. The second-order valence-corrected chi connectivity index (χ2v) is 8.51. The number of hydrogen-bond acceptors (Lipinski definition) is 8. The number of methoxy groups -OCH3 is 1. The van der Waals surface area contributed by atoms with Crippen LogP contribution in [0.25, 0.3) is 0 Å². The highest BCUT2D eigenvalue weighted by Crippen LogP contribution is 2.41. The second kappa shape index (κ2) is 10.6. The number of hydrogen-bond donors (Lipinski definition) is 1. The summed E-state index contributed by atoms with van der Waals surface area (Å²) in [6.07, 6.45) is 0. The van der Waals surface area contributed by atoms with E-state index < -0.39 is 46.7 Å². The van der Waals surface area contributed by atoms with Crippen LogP contribution < -0.4 is 5.32 Å². The number of nitro groups is 1. The molecular weight excluding hydrogens is 527 g/mol. The van der Waals surface area contributed by atoms with Gasteiger partial charge in [-0.25, -0.2) is 14.0 Å². The molecule has 0 fully saturated rings. The third-order valence-electron chi connectivity index (χ3n) is 5.39. The van der Waals surface area contributed by atoms with Gasteiger partial charge in [0, 0.05) is 39.1 Å². The summed E-state index contributed by atoms with van der Waals surface area (Å²) in [7, 11) is 1.11. The molecule has 1 heterocycles. The molecule has 2 aromatic carbocycles. The maximum atomic E-state index is 15.0. The summed E-state index contributed by atoms with van der Waals surface area (Å²) in [4.78, 5) is 48.9. The van der Waals surface area contributed by atoms with Crippen molar-refractivity contribution in [2.45, 2.75) is 19.8 Å². The molecule has 1 aliphatic heterocycles. The van der Waals surface area contributed by atoms with Crippen molar-refractivity contribution in [1.29, 1.82) is 0 Å². The first kappa shape index (κ1) is 25.8. The second-order valence-electron chi connectivity index (χ2n) is 7.60. The van der Waals surface area contributed by atoms with Crippen LogP contribution in [0.3, 0.4) is 0 Å². The standard InChI is InChI=1S/C24H20BrFN2O7/c1-12-20(23(30)34-3)22(17-10-16(28(32)33)8-9-18(17)26)21(13(2)27-12)24(31)35-11-19(29)14-4-6-15(25)7-5-14/h4-10,22,27H,11H2,1-3H3/t22-/m0/s1. The number of halogens is 2. The van der Waals surface area contributed by atoms with E-state index in [2.05, 4.69) is 21.2 Å². The first-order valence-corrected chi connectivity index (χ1v) is 11.0. The Morgan fingerprint density at radius 2 is 1.66 bits per heavy atom. The van der Waals surface area contributed by atoms with Crippen molar-refractivity contribution in [2.24, 2.45) is 0 Å². The van der Waals surface area contributed by atoms with Crippen LogP contribution in [0, 0.1) is 15.9 Å². The molecule has 0 aliphatic carbocycles. The predicted octanol–water partition coefficient (Wildman–Crippen LogP) is 4.33. The van der Waals surface area contributed by atoms with E-state index in [4.69, 9.17) is 9.47 Å². The SMILES string of the molecule is COC(=O)C1=C(C)NC(C)=C(C(=O)OCC(=O)c2ccc(Br)cc2)[C@H]1c1cc([N+](=O)[O-])ccc1F. The Kier molecular flexibility index (Phi) is 7.80. The van der Waals surface area contributed by atoms with E-state index in [1.807, 2.05) is 0 Å². The van der Waals surface area contributed by atoms with Crippen LogP contribution in [0.15, 0.2) is 69.5 Å². The molecule has 11 heteroatoms. The molecule has 1 atom stereocenters. The summed E-state index contributed by atoms with van der Waals surface area (Å²) < 4.78 is 25.8. The smallest absolute Gasteiger partial charge is 0.337 e. The van der Waals surface area contributed by atoms with Gasteiger partial charge in [-0.15, -0.1) is 0 Å². The molecule has 35 heavy (non-hydrogen) atoms. The highest BCUT2D eigenvalue weighted by molar-refractivity contribution is 9.10. The van der Waals surface area contributed by atoms with Gasteiger partial charge >= 0.3 is 11.9 Å². The molecule has 0 spiro atoms. The number of Topliss-reactive ketones (excluding diaryl/α,β-unsaturated/α-hetero) is 1.